The van der Waals surface area contributed by atoms with E-state index in [0.29, 0.717) is 10.7 Å². The smallest absolute Gasteiger partial charge is 0.188 e. The fraction of sp³-hybridized carbons (Fsp3) is 0.100. The van der Waals surface area contributed by atoms with E-state index in [1.54, 1.807) is 16.7 Å². The Labute approximate surface area is 92.4 Å². The number of carbonyl (C=O) groups is 1. The number of hydrogen-bond donors (Lipinski definition) is 1. The summed E-state index contributed by atoms with van der Waals surface area (Å²) in [5.41, 5.74) is 1.56. The Kier molecular flexibility index (Phi) is 2.55. The lowest BCUT2D eigenvalue weighted by molar-refractivity contribution is 0.112. The van der Waals surface area contributed by atoms with E-state index in [4.69, 9.17) is 0 Å². The Hall–Kier alpha value is -1.62. The topological polar surface area (TPSA) is 47.8 Å². The van der Waals surface area contributed by atoms with Crippen LogP contribution in [0.15, 0.2) is 29.4 Å². The Morgan fingerprint density at radius 3 is 2.40 bits per heavy atom. The molecule has 0 unspecified atom stereocenters. The van der Waals surface area contributed by atoms with E-state index in [9.17, 15) is 4.79 Å². The van der Waals surface area contributed by atoms with E-state index in [1.165, 1.54) is 0 Å². The Bertz CT molecular complexity index is 490. The molecule has 0 aliphatic rings. The van der Waals surface area contributed by atoms with Crippen molar-refractivity contribution in [2.75, 3.05) is 0 Å². The van der Waals surface area contributed by atoms with Gasteiger partial charge in [-0.1, -0.05) is 24.3 Å². The summed E-state index contributed by atoms with van der Waals surface area (Å²) in [5, 5.41) is 8.39. The number of rotatable bonds is 2. The minimum atomic E-state index is 0.560. The molecule has 0 fully saturated rings. The van der Waals surface area contributed by atoms with Crippen LogP contribution in [0, 0.1) is 0 Å². The summed E-state index contributed by atoms with van der Waals surface area (Å²) in [6.45, 7) is 0. The Morgan fingerprint density at radius 1 is 1.27 bits per heavy atom. The van der Waals surface area contributed by atoms with E-state index in [-0.39, 0.29) is 0 Å². The van der Waals surface area contributed by atoms with E-state index in [1.807, 2.05) is 19.2 Å². The molecule has 0 amide bonds. The first-order valence-electron chi connectivity index (χ1n) is 4.36. The van der Waals surface area contributed by atoms with Gasteiger partial charge in [0.1, 0.15) is 6.29 Å². The molecule has 0 N–H and O–H groups in total. The predicted octanol–water partition coefficient (Wildman–Crippen LogP) is 1.58. The van der Waals surface area contributed by atoms with Crippen LogP contribution in [0.25, 0.3) is 11.4 Å². The van der Waals surface area contributed by atoms with Crippen molar-refractivity contribution in [2.45, 2.75) is 5.16 Å². The van der Waals surface area contributed by atoms with Gasteiger partial charge in [-0.25, -0.2) is 0 Å². The number of aromatic nitrogens is 3. The molecule has 15 heavy (non-hydrogen) atoms. The second-order valence-corrected chi connectivity index (χ2v) is 3.52. The summed E-state index contributed by atoms with van der Waals surface area (Å²) in [4.78, 5) is 10.5. The number of aldehydes is 1. The minimum absolute atomic E-state index is 0.560. The van der Waals surface area contributed by atoms with Crippen molar-refractivity contribution in [2.24, 2.45) is 7.05 Å². The van der Waals surface area contributed by atoms with Gasteiger partial charge < -0.3 is 4.57 Å². The summed E-state index contributed by atoms with van der Waals surface area (Å²) in [6, 6.07) is 7.16. The molecule has 76 valence electrons. The highest BCUT2D eigenvalue weighted by Crippen LogP contribution is 2.18. The number of carbonyl (C=O) groups excluding carboxylic acids is 1. The van der Waals surface area contributed by atoms with Gasteiger partial charge in [0.05, 0.1) is 0 Å². The van der Waals surface area contributed by atoms with Crippen LogP contribution >= 0.6 is 12.6 Å². The van der Waals surface area contributed by atoms with Gasteiger partial charge in [-0.3, -0.25) is 4.79 Å². The largest absolute Gasteiger partial charge is 0.305 e. The van der Waals surface area contributed by atoms with Crippen molar-refractivity contribution in [3.63, 3.8) is 0 Å². The highest BCUT2D eigenvalue weighted by molar-refractivity contribution is 7.80. The van der Waals surface area contributed by atoms with Crippen molar-refractivity contribution in [3.05, 3.63) is 29.8 Å². The molecular weight excluding hydrogens is 210 g/mol. The molecule has 2 rings (SSSR count). The zero-order valence-corrected chi connectivity index (χ0v) is 8.98. The average molecular weight is 219 g/mol. The van der Waals surface area contributed by atoms with Gasteiger partial charge in [0.25, 0.3) is 0 Å². The van der Waals surface area contributed by atoms with Gasteiger partial charge in [0.15, 0.2) is 11.0 Å². The van der Waals surface area contributed by atoms with Crippen LogP contribution in [0.2, 0.25) is 0 Å². The summed E-state index contributed by atoms with van der Waals surface area (Å²) >= 11 is 4.14. The molecule has 5 heteroatoms. The van der Waals surface area contributed by atoms with E-state index >= 15 is 0 Å². The fourth-order valence-corrected chi connectivity index (χ4v) is 1.42. The highest BCUT2D eigenvalue weighted by atomic mass is 32.1. The predicted molar refractivity (Wildman–Crippen MR) is 59.1 cm³/mol. The summed E-state index contributed by atoms with van der Waals surface area (Å²) < 4.78 is 1.78. The maximum atomic E-state index is 10.5. The maximum Gasteiger partial charge on any atom is 0.188 e. The summed E-state index contributed by atoms with van der Waals surface area (Å²) in [6.07, 6.45) is 0.810. The van der Waals surface area contributed by atoms with Crippen molar-refractivity contribution in [3.8, 4) is 11.4 Å². The van der Waals surface area contributed by atoms with Gasteiger partial charge in [-0.15, -0.1) is 22.8 Å². The molecule has 0 saturated heterocycles. The maximum absolute atomic E-state index is 10.5. The Morgan fingerprint density at radius 2 is 1.93 bits per heavy atom. The summed E-state index contributed by atoms with van der Waals surface area (Å²) in [7, 11) is 1.84. The molecule has 0 aliphatic heterocycles. The third-order valence-electron chi connectivity index (χ3n) is 2.16. The fourth-order valence-electron chi connectivity index (χ4n) is 1.28. The van der Waals surface area contributed by atoms with Crippen LogP contribution in [0.5, 0.6) is 0 Å². The monoisotopic (exact) mass is 219 g/mol. The van der Waals surface area contributed by atoms with E-state index in [0.717, 1.165) is 17.7 Å². The zero-order valence-electron chi connectivity index (χ0n) is 8.08. The Balaban J connectivity index is 2.45. The number of thiol groups is 1. The normalized spacial score (nSPS) is 10.3. The third-order valence-corrected chi connectivity index (χ3v) is 2.55. The van der Waals surface area contributed by atoms with E-state index < -0.39 is 0 Å². The average Bonchev–Trinajstić information content (AvgIpc) is 2.60. The van der Waals surface area contributed by atoms with Crippen LogP contribution in [-0.4, -0.2) is 21.1 Å². The second kappa shape index (κ2) is 3.86. The van der Waals surface area contributed by atoms with Gasteiger partial charge in [0.2, 0.25) is 0 Å². The molecule has 0 atom stereocenters. The lowest BCUT2D eigenvalue weighted by atomic mass is 10.1. The summed E-state index contributed by atoms with van der Waals surface area (Å²) in [5.74, 6) is 0.734. The van der Waals surface area contributed by atoms with Gasteiger partial charge in [-0.2, -0.15) is 0 Å². The standard InChI is InChI=1S/C10H9N3OS/c1-13-9(11-12-10(13)15)8-4-2-7(6-14)3-5-8/h2-6H,1H3,(H,12,15). The van der Waals surface area contributed by atoms with Gasteiger partial charge in [0, 0.05) is 18.2 Å². The van der Waals surface area contributed by atoms with Crippen molar-refractivity contribution >= 4 is 18.9 Å². The molecule has 4 nitrogen and oxygen atoms in total. The number of nitrogens with zero attached hydrogens (tertiary/aromatic N) is 3. The van der Waals surface area contributed by atoms with Crippen LogP contribution in [-0.2, 0) is 7.05 Å². The first-order chi connectivity index (χ1) is 7.22. The van der Waals surface area contributed by atoms with E-state index in [2.05, 4.69) is 22.8 Å². The molecule has 1 aromatic heterocycles. The number of hydrogen-bond acceptors (Lipinski definition) is 4. The SMILES string of the molecule is Cn1c(S)nnc1-c1ccc(C=O)cc1. The van der Waals surface area contributed by atoms with Crippen molar-refractivity contribution in [1.29, 1.82) is 0 Å². The second-order valence-electron chi connectivity index (χ2n) is 3.12. The molecule has 0 bridgehead atoms. The molecule has 0 spiro atoms. The first-order valence-corrected chi connectivity index (χ1v) is 4.81. The minimum Gasteiger partial charge on any atom is -0.305 e. The van der Waals surface area contributed by atoms with Crippen molar-refractivity contribution in [1.82, 2.24) is 14.8 Å². The molecule has 2 aromatic rings. The van der Waals surface area contributed by atoms with Gasteiger partial charge in [-0.05, 0) is 0 Å². The molecule has 0 radical (unpaired) electrons. The lowest BCUT2D eigenvalue weighted by Gasteiger charge is -2.00. The van der Waals surface area contributed by atoms with Crippen LogP contribution in [0.4, 0.5) is 0 Å². The van der Waals surface area contributed by atoms with Crippen LogP contribution in [0.3, 0.4) is 0 Å². The molecule has 0 aliphatic carbocycles. The molecule has 1 aromatic carbocycles. The van der Waals surface area contributed by atoms with Crippen LogP contribution < -0.4 is 0 Å². The zero-order chi connectivity index (χ0) is 10.8. The van der Waals surface area contributed by atoms with Crippen molar-refractivity contribution < 1.29 is 4.79 Å². The highest BCUT2D eigenvalue weighted by Gasteiger charge is 2.07. The quantitative estimate of drug-likeness (QED) is 0.616. The number of benzene rings is 1. The first kappa shape index (κ1) is 9.92. The third kappa shape index (κ3) is 1.78. The molecule has 0 saturated carbocycles. The lowest BCUT2D eigenvalue weighted by Crippen LogP contribution is -1.93. The molecular formula is C10H9N3OS. The van der Waals surface area contributed by atoms with Crippen LogP contribution in [0.1, 0.15) is 10.4 Å². The van der Waals surface area contributed by atoms with Gasteiger partial charge >= 0.3 is 0 Å². The molecule has 1 heterocycles.